The Morgan fingerprint density at radius 2 is 1.92 bits per heavy atom. The summed E-state index contributed by atoms with van der Waals surface area (Å²) in [6.45, 7) is 2.38. The molecule has 24 heavy (non-hydrogen) atoms. The van der Waals surface area contributed by atoms with Gasteiger partial charge in [0.25, 0.3) is 5.91 Å². The number of aryl methyl sites for hydroxylation is 1. The van der Waals surface area contributed by atoms with Crippen molar-refractivity contribution in [2.45, 2.75) is 29.4 Å². The van der Waals surface area contributed by atoms with E-state index in [4.69, 9.17) is 0 Å². The predicted molar refractivity (Wildman–Crippen MR) is 96.4 cm³/mol. The normalized spacial score (nSPS) is 22.4. The molecule has 1 atom stereocenters. The van der Waals surface area contributed by atoms with Crippen LogP contribution in [-0.2, 0) is 16.0 Å². The molecule has 2 aromatic carbocycles. The lowest BCUT2D eigenvalue weighted by Gasteiger charge is -2.38. The van der Waals surface area contributed by atoms with Gasteiger partial charge in [-0.2, -0.15) is 0 Å². The lowest BCUT2D eigenvalue weighted by molar-refractivity contribution is -0.128. The van der Waals surface area contributed by atoms with Crippen LogP contribution in [0.3, 0.4) is 0 Å². The Morgan fingerprint density at radius 3 is 2.79 bits per heavy atom. The molecule has 5 heteroatoms. The van der Waals surface area contributed by atoms with Crippen LogP contribution >= 0.6 is 11.8 Å². The van der Waals surface area contributed by atoms with Crippen LogP contribution in [0.5, 0.6) is 0 Å². The van der Waals surface area contributed by atoms with Crippen molar-refractivity contribution in [2.75, 3.05) is 16.8 Å². The SMILES string of the molecule is CC1(C(=O)N2CCCc3ccccc32)Sc2ccccc2NC1=O. The van der Waals surface area contributed by atoms with Crippen molar-refractivity contribution in [3.8, 4) is 0 Å². The van der Waals surface area contributed by atoms with Crippen LogP contribution < -0.4 is 10.2 Å². The van der Waals surface area contributed by atoms with Gasteiger partial charge in [0.15, 0.2) is 4.75 Å². The molecule has 2 aromatic rings. The predicted octanol–water partition coefficient (Wildman–Crippen LogP) is 3.47. The van der Waals surface area contributed by atoms with Crippen LogP contribution in [0.25, 0.3) is 0 Å². The van der Waals surface area contributed by atoms with E-state index >= 15 is 0 Å². The zero-order valence-corrected chi connectivity index (χ0v) is 14.2. The monoisotopic (exact) mass is 338 g/mol. The number of hydrogen-bond acceptors (Lipinski definition) is 3. The van der Waals surface area contributed by atoms with Crippen LogP contribution in [0, 0.1) is 0 Å². The summed E-state index contributed by atoms with van der Waals surface area (Å²) in [7, 11) is 0. The zero-order chi connectivity index (χ0) is 16.7. The Bertz CT molecular complexity index is 836. The number of anilines is 2. The molecule has 0 saturated carbocycles. The standard InChI is InChI=1S/C19H18N2O2S/c1-19(17(22)20-14-9-3-5-11-16(14)24-19)18(23)21-12-6-8-13-7-2-4-10-15(13)21/h2-5,7,9-11H,6,8,12H2,1H3,(H,20,22). The van der Waals surface area contributed by atoms with E-state index in [-0.39, 0.29) is 11.8 Å². The smallest absolute Gasteiger partial charge is 0.252 e. The number of carbonyl (C=O) groups is 2. The van der Waals surface area contributed by atoms with Gasteiger partial charge in [-0.05, 0) is 43.5 Å². The number of carbonyl (C=O) groups excluding carboxylic acids is 2. The van der Waals surface area contributed by atoms with Gasteiger partial charge in [0.2, 0.25) is 5.91 Å². The van der Waals surface area contributed by atoms with Gasteiger partial charge < -0.3 is 10.2 Å². The van der Waals surface area contributed by atoms with Gasteiger partial charge in [0.1, 0.15) is 0 Å². The third kappa shape index (κ3) is 2.31. The Kier molecular flexibility index (Phi) is 3.61. The summed E-state index contributed by atoms with van der Waals surface area (Å²) < 4.78 is -1.15. The molecule has 0 fully saturated rings. The molecule has 0 saturated heterocycles. The van der Waals surface area contributed by atoms with Crippen molar-refractivity contribution >= 4 is 35.0 Å². The molecule has 122 valence electrons. The van der Waals surface area contributed by atoms with E-state index in [0.717, 1.165) is 29.1 Å². The third-order valence-corrected chi connectivity index (χ3v) is 5.99. The molecule has 2 amide bonds. The molecule has 4 rings (SSSR count). The van der Waals surface area contributed by atoms with E-state index in [1.165, 1.54) is 17.3 Å². The maximum Gasteiger partial charge on any atom is 0.252 e. The van der Waals surface area contributed by atoms with Crippen LogP contribution in [0.2, 0.25) is 0 Å². The molecule has 2 heterocycles. The fraction of sp³-hybridized carbons (Fsp3) is 0.263. The second-order valence-electron chi connectivity index (χ2n) is 6.27. The molecule has 0 aliphatic carbocycles. The van der Waals surface area contributed by atoms with Crippen molar-refractivity contribution in [1.29, 1.82) is 0 Å². The molecule has 1 unspecified atom stereocenters. The second kappa shape index (κ2) is 5.67. The number of nitrogens with zero attached hydrogens (tertiary/aromatic N) is 1. The van der Waals surface area contributed by atoms with E-state index in [0.29, 0.717) is 6.54 Å². The zero-order valence-electron chi connectivity index (χ0n) is 13.4. The molecule has 0 bridgehead atoms. The molecule has 0 radical (unpaired) electrons. The Hall–Kier alpha value is -2.27. The molecule has 2 aliphatic rings. The average Bonchev–Trinajstić information content (AvgIpc) is 2.61. The first kappa shape index (κ1) is 15.3. The summed E-state index contributed by atoms with van der Waals surface area (Å²) in [6.07, 6.45) is 1.89. The molecule has 0 aromatic heterocycles. The number of para-hydroxylation sites is 2. The molecule has 1 N–H and O–H groups in total. The fourth-order valence-corrected chi connectivity index (χ4v) is 4.47. The summed E-state index contributed by atoms with van der Waals surface area (Å²) in [5, 5.41) is 2.89. The minimum absolute atomic E-state index is 0.147. The topological polar surface area (TPSA) is 49.4 Å². The highest BCUT2D eigenvalue weighted by Crippen LogP contribution is 2.44. The first-order valence-corrected chi connectivity index (χ1v) is 8.90. The second-order valence-corrected chi connectivity index (χ2v) is 7.74. The lowest BCUT2D eigenvalue weighted by atomic mass is 9.99. The van der Waals surface area contributed by atoms with Crippen molar-refractivity contribution in [3.63, 3.8) is 0 Å². The lowest BCUT2D eigenvalue weighted by Crippen LogP contribution is -2.54. The van der Waals surface area contributed by atoms with Gasteiger partial charge in [0.05, 0.1) is 5.69 Å². The van der Waals surface area contributed by atoms with Crippen molar-refractivity contribution < 1.29 is 9.59 Å². The van der Waals surface area contributed by atoms with E-state index in [2.05, 4.69) is 11.4 Å². The summed E-state index contributed by atoms with van der Waals surface area (Å²) in [5.74, 6) is -0.397. The van der Waals surface area contributed by atoms with E-state index in [1.807, 2.05) is 42.5 Å². The van der Waals surface area contributed by atoms with E-state index in [9.17, 15) is 9.59 Å². The van der Waals surface area contributed by atoms with Crippen LogP contribution in [-0.4, -0.2) is 23.1 Å². The maximum absolute atomic E-state index is 13.3. The molecule has 2 aliphatic heterocycles. The van der Waals surface area contributed by atoms with Gasteiger partial charge >= 0.3 is 0 Å². The van der Waals surface area contributed by atoms with Crippen LogP contribution in [0.1, 0.15) is 18.9 Å². The van der Waals surface area contributed by atoms with Crippen molar-refractivity contribution in [1.82, 2.24) is 0 Å². The fourth-order valence-electron chi connectivity index (χ4n) is 3.31. The van der Waals surface area contributed by atoms with Gasteiger partial charge in [-0.3, -0.25) is 9.59 Å². The summed E-state index contributed by atoms with van der Waals surface area (Å²) in [4.78, 5) is 28.7. The van der Waals surface area contributed by atoms with Gasteiger partial charge in [-0.15, -0.1) is 0 Å². The highest BCUT2D eigenvalue weighted by Gasteiger charge is 2.48. The largest absolute Gasteiger partial charge is 0.323 e. The summed E-state index contributed by atoms with van der Waals surface area (Å²) >= 11 is 1.34. The summed E-state index contributed by atoms with van der Waals surface area (Å²) in [5.41, 5.74) is 2.88. The minimum atomic E-state index is -1.15. The van der Waals surface area contributed by atoms with E-state index in [1.54, 1.807) is 11.8 Å². The van der Waals surface area contributed by atoms with E-state index < -0.39 is 4.75 Å². The minimum Gasteiger partial charge on any atom is -0.323 e. The van der Waals surface area contributed by atoms with Gasteiger partial charge in [-0.1, -0.05) is 42.1 Å². The number of rotatable bonds is 1. The quantitative estimate of drug-likeness (QED) is 0.810. The average molecular weight is 338 g/mol. The Labute approximate surface area is 145 Å². The van der Waals surface area contributed by atoms with Crippen LogP contribution in [0.15, 0.2) is 53.4 Å². The first-order chi connectivity index (χ1) is 11.6. The Balaban J connectivity index is 1.71. The summed E-state index contributed by atoms with van der Waals surface area (Å²) in [6, 6.07) is 15.6. The van der Waals surface area contributed by atoms with Crippen LogP contribution in [0.4, 0.5) is 11.4 Å². The third-order valence-electron chi connectivity index (χ3n) is 4.65. The molecule has 4 nitrogen and oxygen atoms in total. The number of hydrogen-bond donors (Lipinski definition) is 1. The number of nitrogens with one attached hydrogen (secondary N) is 1. The highest BCUT2D eigenvalue weighted by atomic mass is 32.2. The molecular formula is C19H18N2O2S. The molecule has 0 spiro atoms. The van der Waals surface area contributed by atoms with Crippen molar-refractivity contribution in [2.24, 2.45) is 0 Å². The number of fused-ring (bicyclic) bond motifs is 2. The number of amides is 2. The number of benzene rings is 2. The first-order valence-electron chi connectivity index (χ1n) is 8.09. The van der Waals surface area contributed by atoms with Gasteiger partial charge in [0, 0.05) is 17.1 Å². The van der Waals surface area contributed by atoms with Gasteiger partial charge in [-0.25, -0.2) is 0 Å². The Morgan fingerprint density at radius 1 is 1.17 bits per heavy atom. The van der Waals surface area contributed by atoms with Crippen molar-refractivity contribution in [3.05, 3.63) is 54.1 Å². The highest BCUT2D eigenvalue weighted by molar-refractivity contribution is 8.02. The molecular weight excluding hydrogens is 320 g/mol. The maximum atomic E-state index is 13.3. The number of thioether (sulfide) groups is 1.